The van der Waals surface area contributed by atoms with Crippen LogP contribution in [0.5, 0.6) is 11.5 Å². The van der Waals surface area contributed by atoms with Crippen LogP contribution in [0.4, 0.5) is 0 Å². The summed E-state index contributed by atoms with van der Waals surface area (Å²) in [7, 11) is 3.32. The molecule has 2 aliphatic heterocycles. The third-order valence-electron chi connectivity index (χ3n) is 4.72. The molecule has 6 heteroatoms. The van der Waals surface area contributed by atoms with E-state index in [1.165, 1.54) is 0 Å². The Hall–Kier alpha value is -3.02. The van der Waals surface area contributed by atoms with E-state index >= 15 is 0 Å². The molecule has 0 N–H and O–H groups in total. The van der Waals surface area contributed by atoms with Gasteiger partial charge in [0.15, 0.2) is 11.8 Å². The quantitative estimate of drug-likeness (QED) is 0.781. The molecule has 0 spiro atoms. The van der Waals surface area contributed by atoms with Crippen LogP contribution in [0.15, 0.2) is 58.5 Å². The van der Waals surface area contributed by atoms with Gasteiger partial charge in [-0.05, 0) is 35.4 Å². The number of methoxy groups -OCH3 is 2. The maximum absolute atomic E-state index is 5.75. The fourth-order valence-corrected chi connectivity index (χ4v) is 3.16. The van der Waals surface area contributed by atoms with Gasteiger partial charge >= 0.3 is 0 Å². The van der Waals surface area contributed by atoms with Crippen LogP contribution in [0.25, 0.3) is 0 Å². The minimum absolute atomic E-state index is 0.00490. The van der Waals surface area contributed by atoms with Crippen molar-refractivity contribution in [2.75, 3.05) is 27.4 Å². The molecule has 0 fully saturated rings. The van der Waals surface area contributed by atoms with Crippen molar-refractivity contribution in [3.8, 4) is 11.5 Å². The van der Waals surface area contributed by atoms with E-state index in [0.717, 1.165) is 22.6 Å². The van der Waals surface area contributed by atoms with Crippen LogP contribution in [0, 0.1) is 0 Å². The molecule has 4 rings (SSSR count). The third-order valence-corrected chi connectivity index (χ3v) is 4.72. The lowest BCUT2D eigenvalue weighted by atomic mass is 10.1. The van der Waals surface area contributed by atoms with Crippen LogP contribution in [0.2, 0.25) is 0 Å². The molecule has 0 aromatic heterocycles. The standard InChI is InChI=1S/C21H22N2O4/c1-24-16-7-3-14(4-8-16)18-12-26-20(22-18)11-21-23-19(13-27-21)15-5-9-17(25-2)10-6-15/h3-10,18-19H,11-13H2,1-2H3. The van der Waals surface area contributed by atoms with Crippen molar-refractivity contribution < 1.29 is 18.9 Å². The summed E-state index contributed by atoms with van der Waals surface area (Å²) >= 11 is 0. The Labute approximate surface area is 158 Å². The Morgan fingerprint density at radius 1 is 0.741 bits per heavy atom. The lowest BCUT2D eigenvalue weighted by Crippen LogP contribution is -2.08. The summed E-state index contributed by atoms with van der Waals surface area (Å²) in [5.74, 6) is 3.01. The molecule has 2 aromatic rings. The molecule has 0 radical (unpaired) electrons. The second-order valence-electron chi connectivity index (χ2n) is 6.42. The second-order valence-corrected chi connectivity index (χ2v) is 6.42. The lowest BCUT2D eigenvalue weighted by Gasteiger charge is -2.06. The first-order chi connectivity index (χ1) is 13.2. The van der Waals surface area contributed by atoms with Crippen molar-refractivity contribution in [2.24, 2.45) is 9.98 Å². The average molecular weight is 366 g/mol. The van der Waals surface area contributed by atoms with Crippen LogP contribution >= 0.6 is 0 Å². The molecule has 27 heavy (non-hydrogen) atoms. The topological polar surface area (TPSA) is 61.6 Å². The first kappa shape index (κ1) is 17.4. The molecule has 140 valence electrons. The van der Waals surface area contributed by atoms with Gasteiger partial charge in [0.1, 0.15) is 36.8 Å². The molecule has 2 unspecified atom stereocenters. The number of hydrogen-bond donors (Lipinski definition) is 0. The van der Waals surface area contributed by atoms with Crippen LogP contribution in [0.1, 0.15) is 29.6 Å². The summed E-state index contributed by atoms with van der Waals surface area (Å²) in [4.78, 5) is 9.35. The molecule has 2 aromatic carbocycles. The highest BCUT2D eigenvalue weighted by Gasteiger charge is 2.26. The highest BCUT2D eigenvalue weighted by molar-refractivity contribution is 5.98. The van der Waals surface area contributed by atoms with E-state index in [2.05, 4.69) is 9.98 Å². The van der Waals surface area contributed by atoms with Gasteiger partial charge in [-0.25, -0.2) is 9.98 Å². The van der Waals surface area contributed by atoms with Gasteiger partial charge in [0, 0.05) is 0 Å². The van der Waals surface area contributed by atoms with Crippen molar-refractivity contribution >= 4 is 11.8 Å². The van der Waals surface area contributed by atoms with Crippen LogP contribution in [0.3, 0.4) is 0 Å². The van der Waals surface area contributed by atoms with Gasteiger partial charge in [-0.3, -0.25) is 0 Å². The lowest BCUT2D eigenvalue weighted by molar-refractivity contribution is 0.300. The number of benzene rings is 2. The normalized spacial score (nSPS) is 21.1. The molecule has 2 aliphatic rings. The number of rotatable bonds is 6. The molecule has 6 nitrogen and oxygen atoms in total. The van der Waals surface area contributed by atoms with Gasteiger partial charge < -0.3 is 18.9 Å². The Balaban J connectivity index is 1.40. The maximum atomic E-state index is 5.75. The SMILES string of the molecule is COc1ccc(C2COC(CC3=NC(c4ccc(OC)cc4)CO3)=N2)cc1. The van der Waals surface area contributed by atoms with E-state index in [4.69, 9.17) is 18.9 Å². The molecular formula is C21H22N2O4. The fourth-order valence-electron chi connectivity index (χ4n) is 3.16. The highest BCUT2D eigenvalue weighted by atomic mass is 16.5. The van der Waals surface area contributed by atoms with Gasteiger partial charge in [-0.2, -0.15) is 0 Å². The molecule has 0 aliphatic carbocycles. The van der Waals surface area contributed by atoms with Gasteiger partial charge in [0.2, 0.25) is 0 Å². The minimum Gasteiger partial charge on any atom is -0.497 e. The van der Waals surface area contributed by atoms with Crippen LogP contribution < -0.4 is 9.47 Å². The van der Waals surface area contributed by atoms with Crippen molar-refractivity contribution in [1.82, 2.24) is 0 Å². The predicted molar refractivity (Wildman–Crippen MR) is 103 cm³/mol. The van der Waals surface area contributed by atoms with E-state index in [1.54, 1.807) is 14.2 Å². The smallest absolute Gasteiger partial charge is 0.193 e. The Bertz CT molecular complexity index is 772. The van der Waals surface area contributed by atoms with E-state index in [1.807, 2.05) is 48.5 Å². The minimum atomic E-state index is 0.00490. The van der Waals surface area contributed by atoms with Crippen molar-refractivity contribution in [2.45, 2.75) is 18.5 Å². The molecule has 0 amide bonds. The summed E-state index contributed by atoms with van der Waals surface area (Å²) in [6, 6.07) is 15.8. The summed E-state index contributed by atoms with van der Waals surface area (Å²) in [6.07, 6.45) is 0.485. The van der Waals surface area contributed by atoms with Gasteiger partial charge in [-0.1, -0.05) is 24.3 Å². The summed E-state index contributed by atoms with van der Waals surface area (Å²) in [5.41, 5.74) is 2.22. The summed E-state index contributed by atoms with van der Waals surface area (Å²) < 4.78 is 21.9. The molecular weight excluding hydrogens is 344 g/mol. The number of ether oxygens (including phenoxy) is 4. The Kier molecular flexibility index (Phi) is 4.96. The molecule has 2 atom stereocenters. The van der Waals surface area contributed by atoms with E-state index < -0.39 is 0 Å². The first-order valence-corrected chi connectivity index (χ1v) is 8.92. The zero-order valence-corrected chi connectivity index (χ0v) is 15.4. The first-order valence-electron chi connectivity index (χ1n) is 8.92. The van der Waals surface area contributed by atoms with Crippen molar-refractivity contribution in [3.63, 3.8) is 0 Å². The zero-order chi connectivity index (χ0) is 18.6. The summed E-state index contributed by atoms with van der Waals surface area (Å²) in [5, 5.41) is 0. The summed E-state index contributed by atoms with van der Waals surface area (Å²) in [6.45, 7) is 1.08. The molecule has 0 saturated heterocycles. The van der Waals surface area contributed by atoms with Gasteiger partial charge in [0.25, 0.3) is 0 Å². The van der Waals surface area contributed by atoms with E-state index in [0.29, 0.717) is 31.4 Å². The maximum Gasteiger partial charge on any atom is 0.193 e. The molecule has 0 saturated carbocycles. The monoisotopic (exact) mass is 366 g/mol. The fraction of sp³-hybridized carbons (Fsp3) is 0.333. The van der Waals surface area contributed by atoms with Crippen LogP contribution in [-0.2, 0) is 9.47 Å². The van der Waals surface area contributed by atoms with Gasteiger partial charge in [0.05, 0.1) is 20.6 Å². The number of nitrogens with zero attached hydrogens (tertiary/aromatic N) is 2. The van der Waals surface area contributed by atoms with E-state index in [9.17, 15) is 0 Å². The number of aliphatic imine (C=N–C) groups is 2. The third kappa shape index (κ3) is 3.89. The van der Waals surface area contributed by atoms with Crippen molar-refractivity contribution in [1.29, 1.82) is 0 Å². The van der Waals surface area contributed by atoms with E-state index in [-0.39, 0.29) is 12.1 Å². The predicted octanol–water partition coefficient (Wildman–Crippen LogP) is 3.73. The Morgan fingerprint density at radius 2 is 1.15 bits per heavy atom. The second kappa shape index (κ2) is 7.70. The van der Waals surface area contributed by atoms with Crippen LogP contribution in [-0.4, -0.2) is 39.2 Å². The highest BCUT2D eigenvalue weighted by Crippen LogP contribution is 2.28. The average Bonchev–Trinajstić information content (AvgIpc) is 3.38. The molecule has 0 bridgehead atoms. The Morgan fingerprint density at radius 3 is 1.52 bits per heavy atom. The van der Waals surface area contributed by atoms with Crippen molar-refractivity contribution in [3.05, 3.63) is 59.7 Å². The number of hydrogen-bond acceptors (Lipinski definition) is 6. The van der Waals surface area contributed by atoms with Gasteiger partial charge in [-0.15, -0.1) is 0 Å². The largest absolute Gasteiger partial charge is 0.497 e. The molecule has 2 heterocycles. The zero-order valence-electron chi connectivity index (χ0n) is 15.4.